The van der Waals surface area contributed by atoms with Crippen LogP contribution in [0.1, 0.15) is 12.5 Å². The van der Waals surface area contributed by atoms with E-state index in [2.05, 4.69) is 9.47 Å². The van der Waals surface area contributed by atoms with E-state index < -0.39 is 49.5 Å². The van der Waals surface area contributed by atoms with E-state index in [1.54, 1.807) is 19.1 Å². The van der Waals surface area contributed by atoms with Crippen LogP contribution in [0.3, 0.4) is 0 Å². The molecule has 0 saturated heterocycles. The van der Waals surface area contributed by atoms with Gasteiger partial charge < -0.3 is 29.0 Å². The molecule has 1 rings (SSSR count). The summed E-state index contributed by atoms with van der Waals surface area (Å²) in [6.45, 7) is -0.841. The zero-order valence-electron chi connectivity index (χ0n) is 18.6. The number of aliphatic carboxylic acids is 1. The number of halogens is 7. The lowest BCUT2D eigenvalue weighted by molar-refractivity contribution is -0.423. The molecule has 35 heavy (non-hydrogen) atoms. The number of carboxylic acids is 1. The van der Waals surface area contributed by atoms with E-state index in [4.69, 9.17) is 14.6 Å². The summed E-state index contributed by atoms with van der Waals surface area (Å²) in [7, 11) is 0.939. The van der Waals surface area contributed by atoms with Crippen molar-refractivity contribution in [2.24, 2.45) is 0 Å². The molecule has 0 bridgehead atoms. The number of carbonyl (C=O) groups is 2. The molecule has 0 fully saturated rings. The number of hydrogen-bond donors (Lipinski definition) is 1. The van der Waals surface area contributed by atoms with Gasteiger partial charge in [0.2, 0.25) is 0 Å². The number of ether oxygens (including phenoxy) is 4. The molecule has 1 amide bonds. The molecule has 15 heteroatoms. The minimum atomic E-state index is -6.54. The largest absolute Gasteiger partial charge is 0.492 e. The van der Waals surface area contributed by atoms with Crippen LogP contribution in [0.5, 0.6) is 5.75 Å². The zero-order chi connectivity index (χ0) is 26.9. The van der Waals surface area contributed by atoms with Gasteiger partial charge in [0, 0.05) is 19.6 Å². The lowest BCUT2D eigenvalue weighted by atomic mass is 10.1. The smallest absolute Gasteiger partial charge is 0.462 e. The Labute approximate surface area is 195 Å². The number of carbonyl (C=O) groups excluding carboxylic acids is 1. The van der Waals surface area contributed by atoms with Crippen molar-refractivity contribution in [3.63, 3.8) is 0 Å². The highest BCUT2D eigenvalue weighted by Gasteiger charge is 2.74. The third-order valence-electron chi connectivity index (χ3n) is 4.42. The molecule has 1 aromatic rings. The number of alkyl halides is 7. The van der Waals surface area contributed by atoms with Crippen LogP contribution < -0.4 is 4.74 Å². The molecular formula is C20H24F7NO7. The molecule has 1 N–H and O–H groups in total. The number of methoxy groups -OCH3 is 1. The number of hydrogen-bond acceptors (Lipinski definition) is 6. The Hall–Kier alpha value is -2.81. The predicted octanol–water partition coefficient (Wildman–Crippen LogP) is 3.97. The summed E-state index contributed by atoms with van der Waals surface area (Å²) in [5.74, 6) is -7.27. The standard InChI is InChI=1S/C20H24F7NO7/c1-3-33-15(16(29)30)12-13-4-6-14(7-5-13)34-10-8-28(17(31)32-2)9-11-35-20(26,27)18(21,22)19(23,24)25/h4-7,15H,3,8-12H2,1-2H3,(H,29,30). The van der Waals surface area contributed by atoms with Crippen molar-refractivity contribution in [2.75, 3.05) is 40.0 Å². The summed E-state index contributed by atoms with van der Waals surface area (Å²) < 4.78 is 107. The first kappa shape index (κ1) is 30.2. The van der Waals surface area contributed by atoms with Crippen molar-refractivity contribution in [1.82, 2.24) is 4.90 Å². The number of carboxylic acid groups (broad SMARTS) is 1. The third-order valence-corrected chi connectivity index (χ3v) is 4.42. The highest BCUT2D eigenvalue weighted by atomic mass is 19.4. The van der Waals surface area contributed by atoms with Gasteiger partial charge >= 0.3 is 30.3 Å². The van der Waals surface area contributed by atoms with Crippen molar-refractivity contribution >= 4 is 12.1 Å². The van der Waals surface area contributed by atoms with Crippen LogP contribution in [-0.4, -0.2) is 86.4 Å². The van der Waals surface area contributed by atoms with Crippen LogP contribution in [0.15, 0.2) is 24.3 Å². The normalized spacial score (nSPS) is 13.3. The topological polar surface area (TPSA) is 94.5 Å². The van der Waals surface area contributed by atoms with Crippen LogP contribution in [0.4, 0.5) is 35.5 Å². The molecule has 1 unspecified atom stereocenters. The first-order valence-electron chi connectivity index (χ1n) is 10.0. The predicted molar refractivity (Wildman–Crippen MR) is 105 cm³/mol. The van der Waals surface area contributed by atoms with E-state index in [9.17, 15) is 40.3 Å². The minimum Gasteiger partial charge on any atom is -0.492 e. The van der Waals surface area contributed by atoms with E-state index in [1.165, 1.54) is 12.1 Å². The fourth-order valence-electron chi connectivity index (χ4n) is 2.59. The molecule has 8 nitrogen and oxygen atoms in total. The number of amides is 1. The second kappa shape index (κ2) is 12.8. The van der Waals surface area contributed by atoms with E-state index in [-0.39, 0.29) is 31.9 Å². The first-order chi connectivity index (χ1) is 16.2. The maximum absolute atomic E-state index is 13.2. The van der Waals surface area contributed by atoms with Gasteiger partial charge in [0.1, 0.15) is 12.4 Å². The molecule has 0 aliphatic heterocycles. The lowest BCUT2D eigenvalue weighted by Gasteiger charge is -2.28. The lowest BCUT2D eigenvalue weighted by Crippen LogP contribution is -2.54. The molecule has 0 aromatic heterocycles. The van der Waals surface area contributed by atoms with E-state index in [0.29, 0.717) is 10.5 Å². The Bertz CT molecular complexity index is 819. The molecule has 0 radical (unpaired) electrons. The van der Waals surface area contributed by atoms with Gasteiger partial charge in [0.05, 0.1) is 20.3 Å². The molecule has 0 aliphatic rings. The summed E-state index contributed by atoms with van der Waals surface area (Å²) in [4.78, 5) is 23.6. The Morgan fingerprint density at radius 3 is 2.06 bits per heavy atom. The average Bonchev–Trinajstić information content (AvgIpc) is 2.77. The molecular weight excluding hydrogens is 499 g/mol. The quantitative estimate of drug-likeness (QED) is 0.369. The molecule has 0 heterocycles. The highest BCUT2D eigenvalue weighted by Crippen LogP contribution is 2.46. The van der Waals surface area contributed by atoms with E-state index in [1.807, 2.05) is 0 Å². The van der Waals surface area contributed by atoms with Crippen LogP contribution in [0.2, 0.25) is 0 Å². The van der Waals surface area contributed by atoms with Gasteiger partial charge in [-0.1, -0.05) is 12.1 Å². The van der Waals surface area contributed by atoms with Gasteiger partial charge in [0.15, 0.2) is 6.10 Å². The van der Waals surface area contributed by atoms with Gasteiger partial charge in [-0.15, -0.1) is 0 Å². The average molecular weight is 523 g/mol. The van der Waals surface area contributed by atoms with E-state index >= 15 is 0 Å². The molecule has 0 saturated carbocycles. The van der Waals surface area contributed by atoms with Crippen LogP contribution in [-0.2, 0) is 25.4 Å². The summed E-state index contributed by atoms with van der Waals surface area (Å²) in [6, 6.07) is 6.12. The fourth-order valence-corrected chi connectivity index (χ4v) is 2.59. The Kier molecular flexibility index (Phi) is 11.0. The second-order valence-corrected chi connectivity index (χ2v) is 6.87. The van der Waals surface area contributed by atoms with Gasteiger partial charge in [-0.3, -0.25) is 0 Å². The van der Waals surface area contributed by atoms with Gasteiger partial charge in [0.25, 0.3) is 0 Å². The first-order valence-corrected chi connectivity index (χ1v) is 10.0. The van der Waals surface area contributed by atoms with Gasteiger partial charge in [-0.25, -0.2) is 9.59 Å². The van der Waals surface area contributed by atoms with Gasteiger partial charge in [-0.2, -0.15) is 30.7 Å². The van der Waals surface area contributed by atoms with Crippen LogP contribution >= 0.6 is 0 Å². The molecule has 1 aromatic carbocycles. The summed E-state index contributed by atoms with van der Waals surface area (Å²) in [6.07, 6.45) is -14.4. The fraction of sp³-hybridized carbons (Fsp3) is 0.600. The molecule has 0 aliphatic carbocycles. The van der Waals surface area contributed by atoms with Gasteiger partial charge in [-0.05, 0) is 24.6 Å². The van der Waals surface area contributed by atoms with Crippen molar-refractivity contribution in [2.45, 2.75) is 37.7 Å². The van der Waals surface area contributed by atoms with Crippen molar-refractivity contribution in [3.8, 4) is 5.75 Å². The Morgan fingerprint density at radius 1 is 1.00 bits per heavy atom. The molecule has 200 valence electrons. The molecule has 0 spiro atoms. The Balaban J connectivity index is 2.63. The third kappa shape index (κ3) is 8.72. The summed E-state index contributed by atoms with van der Waals surface area (Å²) >= 11 is 0. The number of benzene rings is 1. The summed E-state index contributed by atoms with van der Waals surface area (Å²) in [5, 5.41) is 9.11. The molecule has 1 atom stereocenters. The van der Waals surface area contributed by atoms with E-state index in [0.717, 1.165) is 7.11 Å². The van der Waals surface area contributed by atoms with Crippen LogP contribution in [0, 0.1) is 0 Å². The highest BCUT2D eigenvalue weighted by molar-refractivity contribution is 5.72. The second-order valence-electron chi connectivity index (χ2n) is 6.87. The van der Waals surface area contributed by atoms with Crippen LogP contribution in [0.25, 0.3) is 0 Å². The maximum Gasteiger partial charge on any atom is 0.462 e. The minimum absolute atomic E-state index is 0.0948. The summed E-state index contributed by atoms with van der Waals surface area (Å²) in [5.41, 5.74) is 0.628. The van der Waals surface area contributed by atoms with Crippen molar-refractivity contribution in [1.29, 1.82) is 0 Å². The SMILES string of the molecule is CCOC(Cc1ccc(OCCN(CCOC(F)(F)C(F)(F)C(F)(F)F)C(=O)OC)cc1)C(=O)O. The van der Waals surface area contributed by atoms with Crippen molar-refractivity contribution in [3.05, 3.63) is 29.8 Å². The monoisotopic (exact) mass is 523 g/mol. The number of nitrogens with zero attached hydrogens (tertiary/aromatic N) is 1. The van der Waals surface area contributed by atoms with Crippen molar-refractivity contribution < 1.29 is 64.4 Å². The number of rotatable bonds is 14. The zero-order valence-corrected chi connectivity index (χ0v) is 18.6. The maximum atomic E-state index is 13.2. The Morgan fingerprint density at radius 2 is 1.57 bits per heavy atom.